The topological polar surface area (TPSA) is 118 Å². The van der Waals surface area contributed by atoms with Gasteiger partial charge in [-0.1, -0.05) is 43.7 Å². The van der Waals surface area contributed by atoms with Crippen molar-refractivity contribution in [3.63, 3.8) is 0 Å². The number of hydrogen-bond donors (Lipinski definition) is 4. The second-order valence-electron chi connectivity index (χ2n) is 6.70. The van der Waals surface area contributed by atoms with Gasteiger partial charge in [0.25, 0.3) is 0 Å². The van der Waals surface area contributed by atoms with Crippen LogP contribution in [0.3, 0.4) is 0 Å². The Kier molecular flexibility index (Phi) is 8.94. The van der Waals surface area contributed by atoms with E-state index in [4.69, 9.17) is 11.5 Å². The van der Waals surface area contributed by atoms with Crippen LogP contribution < -0.4 is 22.1 Å². The van der Waals surface area contributed by atoms with E-state index < -0.39 is 0 Å². The van der Waals surface area contributed by atoms with Crippen molar-refractivity contribution in [2.45, 2.75) is 39.5 Å². The second kappa shape index (κ2) is 11.9. The highest BCUT2D eigenvalue weighted by molar-refractivity contribution is 6.01. The summed E-state index contributed by atoms with van der Waals surface area (Å²) in [5, 5.41) is 13.1. The molecule has 0 aliphatic rings. The molecule has 156 valence electrons. The number of hydrogen-bond acceptors (Lipinski definition) is 3. The van der Waals surface area contributed by atoms with Crippen LogP contribution in [-0.2, 0) is 0 Å². The minimum Gasteiger partial charge on any atom is -0.369 e. The fraction of sp³-hybridized carbons (Fsp3) is 0.261. The summed E-state index contributed by atoms with van der Waals surface area (Å²) in [5.74, 6) is 6.22. The van der Waals surface area contributed by atoms with E-state index in [1.165, 1.54) is 12.8 Å². The molecular weight excluding hydrogens is 376 g/mol. The average Bonchev–Trinajstić information content (AvgIpc) is 2.73. The maximum atomic E-state index is 12.2. The number of guanidine groups is 1. The van der Waals surface area contributed by atoms with Crippen LogP contribution >= 0.6 is 0 Å². The van der Waals surface area contributed by atoms with E-state index >= 15 is 0 Å². The number of nitrogens with one attached hydrogen (secondary N) is 2. The van der Waals surface area contributed by atoms with Crippen molar-refractivity contribution in [2.24, 2.45) is 21.7 Å². The number of carbonyl (C=O) groups is 1. The van der Waals surface area contributed by atoms with Crippen molar-refractivity contribution in [1.29, 1.82) is 0 Å². The number of amides is 2. The first-order valence-electron chi connectivity index (χ1n) is 9.88. The van der Waals surface area contributed by atoms with Gasteiger partial charge in [0, 0.05) is 23.4 Å². The highest BCUT2D eigenvalue weighted by Crippen LogP contribution is 2.13. The summed E-state index contributed by atoms with van der Waals surface area (Å²) in [4.78, 5) is 12.2. The van der Waals surface area contributed by atoms with Gasteiger partial charge >= 0.3 is 6.03 Å². The first-order valence-corrected chi connectivity index (χ1v) is 9.88. The third kappa shape index (κ3) is 8.07. The van der Waals surface area contributed by atoms with Gasteiger partial charge in [-0.3, -0.25) is 0 Å². The van der Waals surface area contributed by atoms with E-state index in [1.807, 2.05) is 36.4 Å². The zero-order valence-electron chi connectivity index (χ0n) is 17.4. The molecule has 2 aromatic carbocycles. The Bertz CT molecular complexity index is 946. The van der Waals surface area contributed by atoms with Gasteiger partial charge < -0.3 is 22.1 Å². The Labute approximate surface area is 177 Å². The quantitative estimate of drug-likeness (QED) is 0.181. The van der Waals surface area contributed by atoms with Crippen molar-refractivity contribution >= 4 is 29.1 Å². The predicted octanol–water partition coefficient (Wildman–Crippen LogP) is 4.26. The molecule has 0 radical (unpaired) electrons. The van der Waals surface area contributed by atoms with Gasteiger partial charge in [-0.2, -0.15) is 5.10 Å². The summed E-state index contributed by atoms with van der Waals surface area (Å²) in [6, 6.07) is 14.3. The third-order valence-corrected chi connectivity index (χ3v) is 4.16. The molecular formula is C23H28N6O. The van der Waals surface area contributed by atoms with Crippen LogP contribution in [0.4, 0.5) is 16.2 Å². The molecule has 0 aliphatic carbocycles. The summed E-state index contributed by atoms with van der Waals surface area (Å²) >= 11 is 0. The van der Waals surface area contributed by atoms with Gasteiger partial charge in [0.15, 0.2) is 0 Å². The largest absolute Gasteiger partial charge is 0.369 e. The van der Waals surface area contributed by atoms with Crippen LogP contribution in [0.1, 0.15) is 50.7 Å². The highest BCUT2D eigenvalue weighted by atomic mass is 16.2. The van der Waals surface area contributed by atoms with Gasteiger partial charge in [0.1, 0.15) is 0 Å². The van der Waals surface area contributed by atoms with Crippen molar-refractivity contribution < 1.29 is 4.79 Å². The summed E-state index contributed by atoms with van der Waals surface area (Å²) in [6.45, 7) is 3.97. The van der Waals surface area contributed by atoms with E-state index in [-0.39, 0.29) is 12.0 Å². The molecule has 0 bridgehead atoms. The maximum Gasteiger partial charge on any atom is 0.323 e. The lowest BCUT2D eigenvalue weighted by atomic mass is 10.1. The van der Waals surface area contributed by atoms with Gasteiger partial charge in [0.2, 0.25) is 5.96 Å². The molecule has 0 saturated heterocycles. The van der Waals surface area contributed by atoms with Crippen molar-refractivity contribution in [3.05, 3.63) is 59.7 Å². The zero-order chi connectivity index (χ0) is 21.8. The van der Waals surface area contributed by atoms with Crippen molar-refractivity contribution in [2.75, 3.05) is 10.6 Å². The highest BCUT2D eigenvalue weighted by Gasteiger charge is 2.04. The van der Waals surface area contributed by atoms with Crippen molar-refractivity contribution in [3.8, 4) is 11.8 Å². The molecule has 2 aromatic rings. The summed E-state index contributed by atoms with van der Waals surface area (Å²) in [5.41, 5.74) is 14.3. The Balaban J connectivity index is 1.88. The number of carbonyl (C=O) groups excluding carboxylic acids is 1. The molecule has 0 fully saturated rings. The summed E-state index contributed by atoms with van der Waals surface area (Å²) < 4.78 is 0. The van der Waals surface area contributed by atoms with Gasteiger partial charge in [-0.25, -0.2) is 4.79 Å². The van der Waals surface area contributed by atoms with Gasteiger partial charge in [0.05, 0.1) is 5.71 Å². The first-order chi connectivity index (χ1) is 14.5. The Hall–Kier alpha value is -3.79. The molecule has 0 heterocycles. The minimum atomic E-state index is -0.327. The zero-order valence-corrected chi connectivity index (χ0v) is 17.4. The van der Waals surface area contributed by atoms with E-state index in [1.54, 1.807) is 19.1 Å². The maximum absolute atomic E-state index is 12.2. The Morgan fingerprint density at radius 3 is 2.10 bits per heavy atom. The summed E-state index contributed by atoms with van der Waals surface area (Å²) in [6.07, 6.45) is 4.45. The van der Waals surface area contributed by atoms with Crippen LogP contribution in [0.5, 0.6) is 0 Å². The smallest absolute Gasteiger partial charge is 0.323 e. The Morgan fingerprint density at radius 1 is 0.933 bits per heavy atom. The fourth-order valence-corrected chi connectivity index (χ4v) is 2.54. The lowest BCUT2D eigenvalue weighted by Crippen LogP contribution is -2.22. The van der Waals surface area contributed by atoms with Crippen LogP contribution in [0.2, 0.25) is 0 Å². The SMILES string of the molecule is CCCCCC#Cc1ccc(NC(=O)Nc2ccc(/C(C)=N/N=C(N)N)cc2)cc1. The standard InChI is InChI=1S/C23H28N6O/c1-3-4-5-6-7-8-18-9-13-20(14-10-18)26-23(30)27-21-15-11-19(12-16-21)17(2)28-29-22(24)25/h9-16H,3-6H2,1-2H3,(H4,24,25,29)(H2,26,27,30)/b28-17+. The molecule has 7 nitrogen and oxygen atoms in total. The fourth-order valence-electron chi connectivity index (χ4n) is 2.54. The molecule has 0 aliphatic heterocycles. The molecule has 0 saturated carbocycles. The molecule has 7 heteroatoms. The number of unbranched alkanes of at least 4 members (excludes halogenated alkanes) is 3. The van der Waals surface area contributed by atoms with Crippen LogP contribution in [0, 0.1) is 11.8 Å². The summed E-state index contributed by atoms with van der Waals surface area (Å²) in [7, 11) is 0. The number of rotatable bonds is 7. The second-order valence-corrected chi connectivity index (χ2v) is 6.70. The first kappa shape index (κ1) is 22.5. The molecule has 6 N–H and O–H groups in total. The number of urea groups is 1. The van der Waals surface area contributed by atoms with E-state index in [0.717, 1.165) is 24.0 Å². The van der Waals surface area contributed by atoms with E-state index in [2.05, 4.69) is 39.6 Å². The Morgan fingerprint density at radius 2 is 1.53 bits per heavy atom. The third-order valence-electron chi connectivity index (χ3n) is 4.16. The molecule has 0 atom stereocenters. The van der Waals surface area contributed by atoms with Gasteiger partial charge in [-0.15, -0.1) is 5.10 Å². The molecule has 0 unspecified atom stereocenters. The lowest BCUT2D eigenvalue weighted by molar-refractivity contribution is 0.262. The van der Waals surface area contributed by atoms with Crippen LogP contribution in [0.25, 0.3) is 0 Å². The molecule has 0 spiro atoms. The van der Waals surface area contributed by atoms with E-state index in [9.17, 15) is 4.79 Å². The average molecular weight is 405 g/mol. The van der Waals surface area contributed by atoms with Crippen LogP contribution in [-0.4, -0.2) is 17.7 Å². The minimum absolute atomic E-state index is 0.101. The number of benzene rings is 2. The predicted molar refractivity (Wildman–Crippen MR) is 125 cm³/mol. The van der Waals surface area contributed by atoms with Gasteiger partial charge in [-0.05, 0) is 55.3 Å². The number of anilines is 2. The van der Waals surface area contributed by atoms with Crippen molar-refractivity contribution in [1.82, 2.24) is 0 Å². The molecule has 30 heavy (non-hydrogen) atoms. The monoisotopic (exact) mass is 404 g/mol. The number of nitrogens with zero attached hydrogens (tertiary/aromatic N) is 2. The lowest BCUT2D eigenvalue weighted by Gasteiger charge is -2.08. The normalized spacial score (nSPS) is 10.5. The molecule has 2 amide bonds. The molecule has 0 aromatic heterocycles. The van der Waals surface area contributed by atoms with Crippen LogP contribution in [0.15, 0.2) is 58.7 Å². The van der Waals surface area contributed by atoms with E-state index in [0.29, 0.717) is 17.1 Å². The number of nitrogens with two attached hydrogens (primary N) is 2. The molecule has 2 rings (SSSR count).